The van der Waals surface area contributed by atoms with E-state index >= 15 is 0 Å². The van der Waals surface area contributed by atoms with Gasteiger partial charge in [-0.2, -0.15) is 0 Å². The molecule has 1 amide bonds. The van der Waals surface area contributed by atoms with Crippen molar-refractivity contribution in [1.82, 2.24) is 14.8 Å². The smallest absolute Gasteiger partial charge is 0.254 e. The van der Waals surface area contributed by atoms with Crippen molar-refractivity contribution in [2.24, 2.45) is 7.05 Å². The number of fused-ring (bicyclic) bond motifs is 1. The Kier molecular flexibility index (Phi) is 5.51. The number of carbonyl (C=O) groups is 1. The van der Waals surface area contributed by atoms with E-state index in [0.29, 0.717) is 6.54 Å². The lowest BCUT2D eigenvalue weighted by Gasteiger charge is -2.23. The zero-order chi connectivity index (χ0) is 20.4. The van der Waals surface area contributed by atoms with Gasteiger partial charge in [-0.15, -0.1) is 11.3 Å². The van der Waals surface area contributed by atoms with E-state index < -0.39 is 0 Å². The minimum Gasteiger partial charge on any atom is -0.350 e. The van der Waals surface area contributed by atoms with Gasteiger partial charge < -0.3 is 14.8 Å². The van der Waals surface area contributed by atoms with Gasteiger partial charge in [-0.25, -0.2) is 0 Å². The lowest BCUT2D eigenvalue weighted by molar-refractivity contribution is 0.0944. The van der Waals surface area contributed by atoms with Crippen LogP contribution in [0.4, 0.5) is 0 Å². The number of aromatic nitrogens is 1. The fraction of sp³-hybridized carbons (Fsp3) is 0.208. The third-order valence-electron chi connectivity index (χ3n) is 5.33. The van der Waals surface area contributed by atoms with Crippen molar-refractivity contribution < 1.29 is 4.79 Å². The summed E-state index contributed by atoms with van der Waals surface area (Å²) >= 11 is 1.72. The maximum Gasteiger partial charge on any atom is 0.254 e. The predicted molar refractivity (Wildman–Crippen MR) is 121 cm³/mol. The number of amides is 1. The first-order valence-electron chi connectivity index (χ1n) is 9.68. The molecule has 148 valence electrons. The molecule has 0 spiro atoms. The molecule has 2 aromatic carbocycles. The molecule has 4 rings (SSSR count). The maximum atomic E-state index is 13.4. The lowest BCUT2D eigenvalue weighted by atomic mass is 10.0. The third kappa shape index (κ3) is 3.71. The Hall–Kier alpha value is -2.89. The number of carbonyl (C=O) groups excluding carboxylic acids is 1. The van der Waals surface area contributed by atoms with Crippen LogP contribution >= 0.6 is 11.3 Å². The quantitative estimate of drug-likeness (QED) is 0.495. The standard InChI is InChI=1S/C24H25N3OS/c1-26(2)20(21-14-9-15-29-21)16-25-24(28)22-18-12-7-8-13-19(18)27(3)23(22)17-10-5-4-6-11-17/h4-15,20H,16H2,1-3H3,(H,25,28). The van der Waals surface area contributed by atoms with E-state index in [-0.39, 0.29) is 11.9 Å². The topological polar surface area (TPSA) is 37.3 Å². The van der Waals surface area contributed by atoms with Crippen LogP contribution in [0.15, 0.2) is 72.1 Å². The van der Waals surface area contributed by atoms with Crippen LogP contribution in [0.25, 0.3) is 22.2 Å². The van der Waals surface area contributed by atoms with Gasteiger partial charge in [0.25, 0.3) is 5.91 Å². The van der Waals surface area contributed by atoms with E-state index in [1.54, 1.807) is 11.3 Å². The Morgan fingerprint density at radius 3 is 2.45 bits per heavy atom. The van der Waals surface area contributed by atoms with Crippen LogP contribution in [0.3, 0.4) is 0 Å². The Balaban J connectivity index is 1.72. The molecule has 0 fully saturated rings. The molecule has 0 radical (unpaired) electrons. The van der Waals surface area contributed by atoms with Crippen LogP contribution in [0, 0.1) is 0 Å². The molecule has 2 aromatic heterocycles. The number of hydrogen-bond acceptors (Lipinski definition) is 3. The highest BCUT2D eigenvalue weighted by atomic mass is 32.1. The number of rotatable bonds is 6. The average molecular weight is 404 g/mol. The fourth-order valence-corrected chi connectivity index (χ4v) is 4.78. The number of nitrogens with one attached hydrogen (secondary N) is 1. The van der Waals surface area contributed by atoms with Gasteiger partial charge in [0.15, 0.2) is 0 Å². The largest absolute Gasteiger partial charge is 0.350 e. The lowest BCUT2D eigenvalue weighted by Crippen LogP contribution is -2.34. The monoisotopic (exact) mass is 403 g/mol. The van der Waals surface area contributed by atoms with Crippen LogP contribution in [0.5, 0.6) is 0 Å². The highest BCUT2D eigenvalue weighted by Gasteiger charge is 2.23. The first-order chi connectivity index (χ1) is 14.1. The van der Waals surface area contributed by atoms with Gasteiger partial charge in [0.05, 0.1) is 17.3 Å². The molecule has 1 atom stereocenters. The summed E-state index contributed by atoms with van der Waals surface area (Å²) in [7, 11) is 6.11. The van der Waals surface area contributed by atoms with E-state index in [9.17, 15) is 4.79 Å². The molecule has 1 N–H and O–H groups in total. The molecule has 0 aliphatic heterocycles. The predicted octanol–water partition coefficient (Wildman–Crippen LogP) is 4.94. The average Bonchev–Trinajstić information content (AvgIpc) is 3.35. The molecule has 4 aromatic rings. The molecule has 0 saturated heterocycles. The Morgan fingerprint density at radius 2 is 1.76 bits per heavy atom. The summed E-state index contributed by atoms with van der Waals surface area (Å²) in [6.45, 7) is 0.559. The number of para-hydroxylation sites is 1. The van der Waals surface area contributed by atoms with Crippen LogP contribution in [-0.2, 0) is 7.05 Å². The van der Waals surface area contributed by atoms with Crippen molar-refractivity contribution in [2.75, 3.05) is 20.6 Å². The highest BCUT2D eigenvalue weighted by Crippen LogP contribution is 2.33. The van der Waals surface area contributed by atoms with E-state index in [4.69, 9.17) is 0 Å². The second-order valence-electron chi connectivity index (χ2n) is 7.37. The molecule has 0 saturated carbocycles. The SMILES string of the molecule is CN(C)C(CNC(=O)c1c(-c2ccccc2)n(C)c2ccccc12)c1cccs1. The van der Waals surface area contributed by atoms with Gasteiger partial charge in [-0.05, 0) is 37.2 Å². The van der Waals surface area contributed by atoms with E-state index in [0.717, 1.165) is 27.7 Å². The number of likely N-dealkylation sites (N-methyl/N-ethyl adjacent to an activating group) is 1. The van der Waals surface area contributed by atoms with E-state index in [1.165, 1.54) is 4.88 Å². The second-order valence-corrected chi connectivity index (χ2v) is 8.35. The van der Waals surface area contributed by atoms with Crippen LogP contribution in [-0.4, -0.2) is 36.0 Å². The van der Waals surface area contributed by atoms with Crippen molar-refractivity contribution in [3.05, 3.63) is 82.6 Å². The normalized spacial score (nSPS) is 12.4. The molecule has 1 unspecified atom stereocenters. The molecule has 0 aliphatic carbocycles. The van der Waals surface area contributed by atoms with Gasteiger partial charge in [-0.1, -0.05) is 54.6 Å². The number of hydrogen-bond donors (Lipinski definition) is 1. The molecule has 5 heteroatoms. The summed E-state index contributed by atoms with van der Waals surface area (Å²) in [5.74, 6) is -0.0379. The van der Waals surface area contributed by atoms with Gasteiger partial charge in [0.2, 0.25) is 0 Å². The van der Waals surface area contributed by atoms with E-state index in [1.807, 2.05) is 57.5 Å². The zero-order valence-corrected chi connectivity index (χ0v) is 17.7. The Labute approximate surface area is 175 Å². The van der Waals surface area contributed by atoms with Crippen LogP contribution in [0.1, 0.15) is 21.3 Å². The second kappa shape index (κ2) is 8.23. The molecule has 0 bridgehead atoms. The number of thiophene rings is 1. The first kappa shape index (κ1) is 19.4. The Bertz CT molecular complexity index is 1110. The van der Waals surface area contributed by atoms with Crippen molar-refractivity contribution in [1.29, 1.82) is 0 Å². The van der Waals surface area contributed by atoms with Gasteiger partial charge >= 0.3 is 0 Å². The zero-order valence-electron chi connectivity index (χ0n) is 16.9. The third-order valence-corrected chi connectivity index (χ3v) is 6.31. The van der Waals surface area contributed by atoms with Crippen molar-refractivity contribution in [3.8, 4) is 11.3 Å². The molecule has 4 nitrogen and oxygen atoms in total. The van der Waals surface area contributed by atoms with E-state index in [2.05, 4.69) is 50.5 Å². The molecule has 2 heterocycles. The summed E-state index contributed by atoms with van der Waals surface area (Å²) < 4.78 is 2.11. The summed E-state index contributed by atoms with van der Waals surface area (Å²) in [4.78, 5) is 16.8. The minimum atomic E-state index is -0.0379. The van der Waals surface area contributed by atoms with Gasteiger partial charge in [0.1, 0.15) is 0 Å². The minimum absolute atomic E-state index is 0.0379. The van der Waals surface area contributed by atoms with Crippen LogP contribution in [0.2, 0.25) is 0 Å². The van der Waals surface area contributed by atoms with Crippen molar-refractivity contribution in [3.63, 3.8) is 0 Å². The number of benzene rings is 2. The summed E-state index contributed by atoms with van der Waals surface area (Å²) in [5, 5.41) is 6.25. The molecular weight excluding hydrogens is 378 g/mol. The molecular formula is C24H25N3OS. The summed E-state index contributed by atoms with van der Waals surface area (Å²) in [5.41, 5.74) is 3.78. The van der Waals surface area contributed by atoms with Crippen LogP contribution < -0.4 is 5.32 Å². The maximum absolute atomic E-state index is 13.4. The Morgan fingerprint density at radius 1 is 1.03 bits per heavy atom. The summed E-state index contributed by atoms with van der Waals surface area (Å²) in [6.07, 6.45) is 0. The van der Waals surface area contributed by atoms with Gasteiger partial charge in [-0.3, -0.25) is 4.79 Å². The number of aryl methyl sites for hydroxylation is 1. The van der Waals surface area contributed by atoms with Gasteiger partial charge in [0, 0.05) is 29.4 Å². The molecule has 0 aliphatic rings. The number of nitrogens with zero attached hydrogens (tertiary/aromatic N) is 2. The summed E-state index contributed by atoms with van der Waals surface area (Å²) in [6, 6.07) is 22.5. The highest BCUT2D eigenvalue weighted by molar-refractivity contribution is 7.10. The fourth-order valence-electron chi connectivity index (χ4n) is 3.85. The molecule has 29 heavy (non-hydrogen) atoms. The van der Waals surface area contributed by atoms with Crippen molar-refractivity contribution in [2.45, 2.75) is 6.04 Å². The van der Waals surface area contributed by atoms with Crippen molar-refractivity contribution >= 4 is 28.1 Å². The first-order valence-corrected chi connectivity index (χ1v) is 10.6.